The first-order valence-electron chi connectivity index (χ1n) is 8.83. The molecule has 2 aromatic heterocycles. The van der Waals surface area contributed by atoms with Crippen molar-refractivity contribution in [2.24, 2.45) is 0 Å². The van der Waals surface area contributed by atoms with Gasteiger partial charge in [0, 0.05) is 37.0 Å². The summed E-state index contributed by atoms with van der Waals surface area (Å²) in [7, 11) is 0. The van der Waals surface area contributed by atoms with Crippen LogP contribution >= 0.6 is 0 Å². The first-order valence-corrected chi connectivity index (χ1v) is 8.83. The molecule has 3 heterocycles. The zero-order valence-electron chi connectivity index (χ0n) is 14.5. The molecule has 1 aliphatic rings. The van der Waals surface area contributed by atoms with E-state index in [1.165, 1.54) is 0 Å². The number of anilines is 1. The summed E-state index contributed by atoms with van der Waals surface area (Å²) in [5.74, 6) is 0.0454. The maximum atomic E-state index is 12.8. The van der Waals surface area contributed by atoms with Gasteiger partial charge in [-0.15, -0.1) is 0 Å². The Bertz CT molecular complexity index is 863. The molecule has 0 bridgehead atoms. The Morgan fingerprint density at radius 3 is 2.96 bits per heavy atom. The van der Waals surface area contributed by atoms with E-state index in [1.807, 2.05) is 54.9 Å². The Kier molecular flexibility index (Phi) is 4.75. The van der Waals surface area contributed by atoms with Crippen LogP contribution in [0.1, 0.15) is 18.4 Å². The molecule has 26 heavy (non-hydrogen) atoms. The summed E-state index contributed by atoms with van der Waals surface area (Å²) < 4.78 is 1.78. The highest BCUT2D eigenvalue weighted by Gasteiger charge is 2.30. The van der Waals surface area contributed by atoms with Gasteiger partial charge in [-0.2, -0.15) is 5.10 Å². The number of aromatic nitrogens is 3. The molecule has 0 aliphatic carbocycles. The minimum Gasteiger partial charge on any atom is -0.325 e. The second-order valence-electron chi connectivity index (χ2n) is 6.48. The molecule has 3 aromatic rings. The molecule has 1 aromatic carbocycles. The molecule has 1 saturated heterocycles. The molecule has 6 nitrogen and oxygen atoms in total. The first kappa shape index (κ1) is 16.5. The fraction of sp³-hybridized carbons (Fsp3) is 0.250. The molecule has 1 amide bonds. The molecule has 1 aliphatic heterocycles. The maximum absolute atomic E-state index is 12.8. The third-order valence-corrected chi connectivity index (χ3v) is 4.66. The summed E-state index contributed by atoms with van der Waals surface area (Å²) in [6.45, 7) is 1.68. The van der Waals surface area contributed by atoms with Crippen molar-refractivity contribution >= 4 is 11.6 Å². The molecule has 132 valence electrons. The van der Waals surface area contributed by atoms with E-state index in [4.69, 9.17) is 0 Å². The minimum atomic E-state index is -0.108. The summed E-state index contributed by atoms with van der Waals surface area (Å²) in [5, 5.41) is 7.30. The highest BCUT2D eigenvalue weighted by Crippen LogP contribution is 2.22. The number of nitrogens with one attached hydrogen (secondary N) is 1. The van der Waals surface area contributed by atoms with Crippen molar-refractivity contribution in [2.45, 2.75) is 25.4 Å². The number of carbonyl (C=O) groups is 1. The van der Waals surface area contributed by atoms with Crippen molar-refractivity contribution in [3.8, 4) is 5.69 Å². The standard InChI is InChI=1S/C20H21N5O/c26-20(19-8-3-11-24(19)15-16-5-2-9-21-14-16)23-17-6-1-7-18(13-17)25-12-4-10-22-25/h1-2,4-7,9-10,12-14,19H,3,8,11,15H2,(H,23,26). The van der Waals surface area contributed by atoms with Crippen molar-refractivity contribution in [1.82, 2.24) is 19.7 Å². The van der Waals surface area contributed by atoms with E-state index < -0.39 is 0 Å². The van der Waals surface area contributed by atoms with Crippen LogP contribution in [0.2, 0.25) is 0 Å². The number of hydrogen-bond acceptors (Lipinski definition) is 4. The SMILES string of the molecule is O=C(Nc1cccc(-n2cccn2)c1)C1CCCN1Cc1cccnc1. The summed E-state index contributed by atoms with van der Waals surface area (Å²) in [6, 6.07) is 13.5. The number of pyridine rings is 1. The molecule has 1 fully saturated rings. The number of benzene rings is 1. The summed E-state index contributed by atoms with van der Waals surface area (Å²) in [6.07, 6.45) is 9.16. The molecule has 1 atom stereocenters. The molecule has 0 saturated carbocycles. The normalized spacial score (nSPS) is 17.3. The Hall–Kier alpha value is -2.99. The average Bonchev–Trinajstić information content (AvgIpc) is 3.35. The Morgan fingerprint density at radius 1 is 1.19 bits per heavy atom. The zero-order valence-corrected chi connectivity index (χ0v) is 14.5. The van der Waals surface area contributed by atoms with E-state index in [-0.39, 0.29) is 11.9 Å². The first-order chi connectivity index (χ1) is 12.8. The van der Waals surface area contributed by atoms with Gasteiger partial charge in [-0.3, -0.25) is 14.7 Å². The van der Waals surface area contributed by atoms with Crippen LogP contribution in [0.25, 0.3) is 5.69 Å². The molecule has 0 radical (unpaired) electrons. The van der Waals surface area contributed by atoms with E-state index >= 15 is 0 Å². The lowest BCUT2D eigenvalue weighted by Crippen LogP contribution is -2.39. The van der Waals surface area contributed by atoms with E-state index in [0.717, 1.165) is 42.9 Å². The molecule has 1 N–H and O–H groups in total. The Balaban J connectivity index is 1.45. The second kappa shape index (κ2) is 7.49. The summed E-state index contributed by atoms with van der Waals surface area (Å²) in [4.78, 5) is 19.2. The highest BCUT2D eigenvalue weighted by atomic mass is 16.2. The maximum Gasteiger partial charge on any atom is 0.241 e. The lowest BCUT2D eigenvalue weighted by molar-refractivity contribution is -0.120. The fourth-order valence-electron chi connectivity index (χ4n) is 3.41. The number of nitrogens with zero attached hydrogens (tertiary/aromatic N) is 4. The van der Waals surface area contributed by atoms with E-state index in [9.17, 15) is 4.79 Å². The number of amides is 1. The van der Waals surface area contributed by atoms with E-state index in [1.54, 1.807) is 17.1 Å². The van der Waals surface area contributed by atoms with E-state index in [0.29, 0.717) is 0 Å². The summed E-state index contributed by atoms with van der Waals surface area (Å²) >= 11 is 0. The van der Waals surface area contributed by atoms with Crippen molar-refractivity contribution in [3.05, 3.63) is 72.8 Å². The average molecular weight is 347 g/mol. The Morgan fingerprint density at radius 2 is 2.15 bits per heavy atom. The quantitative estimate of drug-likeness (QED) is 0.771. The number of hydrogen-bond donors (Lipinski definition) is 1. The van der Waals surface area contributed by atoms with Crippen molar-refractivity contribution in [1.29, 1.82) is 0 Å². The molecule has 6 heteroatoms. The number of likely N-dealkylation sites (tertiary alicyclic amines) is 1. The van der Waals surface area contributed by atoms with E-state index in [2.05, 4.69) is 20.3 Å². The third-order valence-electron chi connectivity index (χ3n) is 4.66. The monoisotopic (exact) mass is 347 g/mol. The van der Waals surface area contributed by atoms with Gasteiger partial charge in [-0.05, 0) is 55.3 Å². The van der Waals surface area contributed by atoms with Gasteiger partial charge in [0.05, 0.1) is 11.7 Å². The number of rotatable bonds is 5. The molecule has 1 unspecified atom stereocenters. The lowest BCUT2D eigenvalue weighted by Gasteiger charge is -2.23. The molecule has 4 rings (SSSR count). The predicted molar refractivity (Wildman–Crippen MR) is 99.9 cm³/mol. The van der Waals surface area contributed by atoms with Crippen LogP contribution < -0.4 is 5.32 Å². The summed E-state index contributed by atoms with van der Waals surface area (Å²) in [5.41, 5.74) is 2.84. The predicted octanol–water partition coefficient (Wildman–Crippen LogP) is 2.87. The lowest BCUT2D eigenvalue weighted by atomic mass is 10.2. The van der Waals surface area contributed by atoms with Gasteiger partial charge >= 0.3 is 0 Å². The third kappa shape index (κ3) is 3.65. The zero-order chi connectivity index (χ0) is 17.8. The minimum absolute atomic E-state index is 0.0454. The van der Waals surface area contributed by atoms with Crippen molar-refractivity contribution < 1.29 is 4.79 Å². The van der Waals surface area contributed by atoms with Crippen LogP contribution in [-0.2, 0) is 11.3 Å². The van der Waals surface area contributed by atoms with Crippen LogP contribution in [-0.4, -0.2) is 38.2 Å². The van der Waals surface area contributed by atoms with Crippen LogP contribution in [0, 0.1) is 0 Å². The van der Waals surface area contributed by atoms with Gasteiger partial charge in [0.1, 0.15) is 0 Å². The van der Waals surface area contributed by atoms with Gasteiger partial charge < -0.3 is 5.32 Å². The van der Waals surface area contributed by atoms with Gasteiger partial charge in [-0.25, -0.2) is 4.68 Å². The van der Waals surface area contributed by atoms with Crippen LogP contribution in [0.4, 0.5) is 5.69 Å². The van der Waals surface area contributed by atoms with Gasteiger partial charge in [-0.1, -0.05) is 12.1 Å². The fourth-order valence-corrected chi connectivity index (χ4v) is 3.41. The highest BCUT2D eigenvalue weighted by molar-refractivity contribution is 5.95. The van der Waals surface area contributed by atoms with Crippen molar-refractivity contribution in [3.63, 3.8) is 0 Å². The smallest absolute Gasteiger partial charge is 0.241 e. The van der Waals surface area contributed by atoms with Gasteiger partial charge in [0.25, 0.3) is 0 Å². The molecule has 0 spiro atoms. The second-order valence-corrected chi connectivity index (χ2v) is 6.48. The largest absolute Gasteiger partial charge is 0.325 e. The molecular weight excluding hydrogens is 326 g/mol. The number of carbonyl (C=O) groups excluding carboxylic acids is 1. The van der Waals surface area contributed by atoms with Crippen molar-refractivity contribution in [2.75, 3.05) is 11.9 Å². The molecular formula is C20H21N5O. The van der Waals surface area contributed by atoms with Crippen LogP contribution in [0.5, 0.6) is 0 Å². The Labute approximate surface area is 152 Å². The topological polar surface area (TPSA) is 63.1 Å². The van der Waals surface area contributed by atoms with Gasteiger partial charge in [0.15, 0.2) is 0 Å². The van der Waals surface area contributed by atoms with Crippen LogP contribution in [0.3, 0.4) is 0 Å². The van der Waals surface area contributed by atoms with Crippen LogP contribution in [0.15, 0.2) is 67.3 Å². The van der Waals surface area contributed by atoms with Gasteiger partial charge in [0.2, 0.25) is 5.91 Å².